The SMILES string of the molecule is O=C(O)C1CCN(c2nc(-c3ccc(-c4cnco4)cc3)c(-c3cccnc3)s2)C1. The number of nitrogens with zero attached hydrogens (tertiary/aromatic N) is 4. The van der Waals surface area contributed by atoms with Gasteiger partial charge in [-0.1, -0.05) is 41.7 Å². The quantitative estimate of drug-likeness (QED) is 0.512. The van der Waals surface area contributed by atoms with Gasteiger partial charge in [-0.2, -0.15) is 0 Å². The second-order valence-corrected chi connectivity index (χ2v) is 8.11. The number of hydrogen-bond acceptors (Lipinski definition) is 7. The predicted molar refractivity (Wildman–Crippen MR) is 114 cm³/mol. The average molecular weight is 418 g/mol. The number of oxazole rings is 1. The zero-order valence-corrected chi connectivity index (χ0v) is 16.7. The van der Waals surface area contributed by atoms with E-state index in [0.717, 1.165) is 32.4 Å². The summed E-state index contributed by atoms with van der Waals surface area (Å²) in [7, 11) is 0. The Hall–Kier alpha value is -3.52. The molecule has 3 aromatic heterocycles. The first-order valence-corrected chi connectivity index (χ1v) is 10.4. The minimum absolute atomic E-state index is 0.347. The Bertz CT molecular complexity index is 1160. The molecule has 4 aromatic rings. The minimum Gasteiger partial charge on any atom is -0.481 e. The van der Waals surface area contributed by atoms with Crippen molar-refractivity contribution in [3.05, 3.63) is 61.4 Å². The van der Waals surface area contributed by atoms with Gasteiger partial charge < -0.3 is 14.4 Å². The van der Waals surface area contributed by atoms with E-state index in [1.54, 1.807) is 23.7 Å². The molecule has 8 heteroatoms. The molecular weight excluding hydrogens is 400 g/mol. The number of aliphatic carboxylic acids is 1. The molecule has 1 unspecified atom stereocenters. The highest BCUT2D eigenvalue weighted by atomic mass is 32.1. The molecule has 0 aliphatic carbocycles. The van der Waals surface area contributed by atoms with Gasteiger partial charge in [0.25, 0.3) is 0 Å². The summed E-state index contributed by atoms with van der Waals surface area (Å²) in [5.74, 6) is -0.380. The monoisotopic (exact) mass is 418 g/mol. The van der Waals surface area contributed by atoms with Crippen LogP contribution in [0.4, 0.5) is 5.13 Å². The lowest BCUT2D eigenvalue weighted by atomic mass is 10.1. The molecule has 1 atom stereocenters. The van der Waals surface area contributed by atoms with Gasteiger partial charge in [0, 0.05) is 42.2 Å². The van der Waals surface area contributed by atoms with E-state index in [2.05, 4.69) is 14.9 Å². The van der Waals surface area contributed by atoms with Gasteiger partial charge >= 0.3 is 5.97 Å². The zero-order valence-electron chi connectivity index (χ0n) is 15.9. The summed E-state index contributed by atoms with van der Waals surface area (Å²) in [6.07, 6.45) is 7.31. The molecule has 0 amide bonds. The second kappa shape index (κ2) is 7.72. The third kappa shape index (κ3) is 3.46. The van der Waals surface area contributed by atoms with Gasteiger partial charge in [-0.25, -0.2) is 9.97 Å². The van der Waals surface area contributed by atoms with Crippen LogP contribution in [0.2, 0.25) is 0 Å². The lowest BCUT2D eigenvalue weighted by Gasteiger charge is -2.13. The van der Waals surface area contributed by atoms with E-state index in [1.165, 1.54) is 6.39 Å². The molecule has 7 nitrogen and oxygen atoms in total. The van der Waals surface area contributed by atoms with Gasteiger partial charge in [-0.3, -0.25) is 9.78 Å². The fourth-order valence-corrected chi connectivity index (χ4v) is 4.73. The standard InChI is InChI=1S/C22H18N4O3S/c27-21(28)17-7-9-26(12-17)22-25-19(20(30-22)16-2-1-8-23-10-16)15-5-3-14(4-6-15)18-11-24-13-29-18/h1-6,8,10-11,13,17H,7,9,12H2,(H,27,28). The number of pyridine rings is 1. The van der Waals surface area contributed by atoms with Crippen molar-refractivity contribution in [2.75, 3.05) is 18.0 Å². The minimum atomic E-state index is -0.746. The summed E-state index contributed by atoms with van der Waals surface area (Å²) in [5.41, 5.74) is 3.78. The maximum Gasteiger partial charge on any atom is 0.308 e. The Morgan fingerprint density at radius 2 is 1.93 bits per heavy atom. The van der Waals surface area contributed by atoms with E-state index < -0.39 is 5.97 Å². The molecular formula is C22H18N4O3S. The number of thiazole rings is 1. The summed E-state index contributed by atoms with van der Waals surface area (Å²) in [6, 6.07) is 11.9. The molecule has 0 bridgehead atoms. The zero-order chi connectivity index (χ0) is 20.5. The summed E-state index contributed by atoms with van der Waals surface area (Å²) in [4.78, 5) is 27.6. The van der Waals surface area contributed by atoms with Gasteiger partial charge in [0.15, 0.2) is 17.3 Å². The van der Waals surface area contributed by atoms with Crippen LogP contribution < -0.4 is 4.90 Å². The first kappa shape index (κ1) is 18.5. The van der Waals surface area contributed by atoms with Crippen LogP contribution in [-0.4, -0.2) is 39.1 Å². The highest BCUT2D eigenvalue weighted by Gasteiger charge is 2.30. The van der Waals surface area contributed by atoms with Crippen LogP contribution in [0.5, 0.6) is 0 Å². The molecule has 0 radical (unpaired) electrons. The first-order valence-electron chi connectivity index (χ1n) is 9.57. The van der Waals surface area contributed by atoms with E-state index in [4.69, 9.17) is 9.40 Å². The highest BCUT2D eigenvalue weighted by molar-refractivity contribution is 7.19. The van der Waals surface area contributed by atoms with E-state index in [0.29, 0.717) is 25.3 Å². The number of aromatic nitrogens is 3. The van der Waals surface area contributed by atoms with Gasteiger partial charge in [0.1, 0.15) is 0 Å². The maximum atomic E-state index is 11.4. The molecule has 4 heterocycles. The Morgan fingerprint density at radius 1 is 1.10 bits per heavy atom. The van der Waals surface area contributed by atoms with E-state index in [-0.39, 0.29) is 5.92 Å². The van der Waals surface area contributed by atoms with Crippen molar-refractivity contribution in [3.63, 3.8) is 0 Å². The topological polar surface area (TPSA) is 92.3 Å². The van der Waals surface area contributed by atoms with Crippen LogP contribution in [0.15, 0.2) is 65.8 Å². The molecule has 1 aliphatic rings. The normalized spacial score (nSPS) is 16.1. The molecule has 1 N–H and O–H groups in total. The predicted octanol–water partition coefficient (Wildman–Crippen LogP) is 4.44. The number of hydrogen-bond donors (Lipinski definition) is 1. The summed E-state index contributed by atoms with van der Waals surface area (Å²) in [5, 5.41) is 10.2. The second-order valence-electron chi connectivity index (χ2n) is 7.13. The molecule has 1 fully saturated rings. The number of carboxylic acids is 1. The Kier molecular flexibility index (Phi) is 4.76. The Morgan fingerprint density at radius 3 is 2.60 bits per heavy atom. The Labute approximate surface area is 176 Å². The molecule has 1 saturated heterocycles. The van der Waals surface area contributed by atoms with Crippen molar-refractivity contribution >= 4 is 22.4 Å². The molecule has 1 aliphatic heterocycles. The fourth-order valence-electron chi connectivity index (χ4n) is 3.62. The van der Waals surface area contributed by atoms with Crippen LogP contribution in [0.25, 0.3) is 33.0 Å². The lowest BCUT2D eigenvalue weighted by molar-refractivity contribution is -0.140. The number of anilines is 1. The highest BCUT2D eigenvalue weighted by Crippen LogP contribution is 2.41. The first-order chi connectivity index (χ1) is 14.7. The van der Waals surface area contributed by atoms with Gasteiger partial charge in [-0.15, -0.1) is 0 Å². The molecule has 150 valence electrons. The van der Waals surface area contributed by atoms with Crippen LogP contribution in [0.3, 0.4) is 0 Å². The third-order valence-electron chi connectivity index (χ3n) is 5.22. The molecule has 0 saturated carbocycles. The number of carboxylic acid groups (broad SMARTS) is 1. The van der Waals surface area contributed by atoms with Crippen molar-refractivity contribution in [1.82, 2.24) is 15.0 Å². The van der Waals surface area contributed by atoms with Gasteiger partial charge in [-0.05, 0) is 12.5 Å². The van der Waals surface area contributed by atoms with Crippen molar-refractivity contribution in [3.8, 4) is 33.0 Å². The van der Waals surface area contributed by atoms with E-state index in [1.807, 2.05) is 42.6 Å². The molecule has 30 heavy (non-hydrogen) atoms. The van der Waals surface area contributed by atoms with Gasteiger partial charge in [0.2, 0.25) is 0 Å². The summed E-state index contributed by atoms with van der Waals surface area (Å²) < 4.78 is 5.37. The van der Waals surface area contributed by atoms with Crippen molar-refractivity contribution < 1.29 is 14.3 Å². The van der Waals surface area contributed by atoms with Crippen LogP contribution >= 0.6 is 11.3 Å². The lowest BCUT2D eigenvalue weighted by Crippen LogP contribution is -2.22. The van der Waals surface area contributed by atoms with E-state index in [9.17, 15) is 9.90 Å². The number of carbonyl (C=O) groups is 1. The van der Waals surface area contributed by atoms with Crippen molar-refractivity contribution in [2.45, 2.75) is 6.42 Å². The van der Waals surface area contributed by atoms with E-state index >= 15 is 0 Å². The van der Waals surface area contributed by atoms with Gasteiger partial charge in [0.05, 0.1) is 22.7 Å². The van der Waals surface area contributed by atoms with Crippen molar-refractivity contribution in [1.29, 1.82) is 0 Å². The summed E-state index contributed by atoms with van der Waals surface area (Å²) in [6.45, 7) is 1.18. The van der Waals surface area contributed by atoms with Crippen LogP contribution in [0, 0.1) is 5.92 Å². The smallest absolute Gasteiger partial charge is 0.308 e. The summed E-state index contributed by atoms with van der Waals surface area (Å²) >= 11 is 1.57. The third-order valence-corrected chi connectivity index (χ3v) is 6.39. The van der Waals surface area contributed by atoms with Crippen LogP contribution in [0.1, 0.15) is 6.42 Å². The largest absolute Gasteiger partial charge is 0.481 e. The average Bonchev–Trinajstić information content (AvgIpc) is 3.55. The fraction of sp³-hybridized carbons (Fsp3) is 0.182. The Balaban J connectivity index is 1.53. The number of rotatable bonds is 5. The maximum absolute atomic E-state index is 11.4. The molecule has 1 aromatic carbocycles. The number of benzene rings is 1. The van der Waals surface area contributed by atoms with Crippen LogP contribution in [-0.2, 0) is 4.79 Å². The molecule has 5 rings (SSSR count). The van der Waals surface area contributed by atoms with Crippen molar-refractivity contribution in [2.24, 2.45) is 5.92 Å². The molecule has 0 spiro atoms.